The van der Waals surface area contributed by atoms with Gasteiger partial charge in [-0.25, -0.2) is 0 Å². The average Bonchev–Trinajstić information content (AvgIpc) is 3.65. The highest BCUT2D eigenvalue weighted by atomic mass is 16.2. The fraction of sp³-hybridized carbons (Fsp3) is 0.214. The van der Waals surface area contributed by atoms with Gasteiger partial charge in [-0.15, -0.1) is 0 Å². The van der Waals surface area contributed by atoms with Gasteiger partial charge in [0.2, 0.25) is 5.91 Å². The van der Waals surface area contributed by atoms with E-state index in [1.165, 1.54) is 0 Å². The van der Waals surface area contributed by atoms with Crippen molar-refractivity contribution >= 4 is 11.8 Å². The molecule has 1 fully saturated rings. The van der Waals surface area contributed by atoms with Crippen LogP contribution < -0.4 is 16.6 Å². The smallest absolute Gasteiger partial charge is 0.272 e. The van der Waals surface area contributed by atoms with Crippen LogP contribution in [0.25, 0.3) is 0 Å². The Balaban J connectivity index is 1.31. The molecule has 2 aromatic carbocycles. The largest absolute Gasteiger partial charge is 0.366 e. The molecule has 8 heteroatoms. The van der Waals surface area contributed by atoms with Crippen LogP contribution in [0.1, 0.15) is 73.1 Å². The van der Waals surface area contributed by atoms with Gasteiger partial charge in [-0.05, 0) is 47.7 Å². The molecule has 1 saturated carbocycles. The molecule has 4 aromatic rings. The Morgan fingerprint density at radius 2 is 1.72 bits per heavy atom. The molecule has 2 amide bonds. The van der Waals surface area contributed by atoms with Crippen LogP contribution in [0.5, 0.6) is 0 Å². The van der Waals surface area contributed by atoms with E-state index >= 15 is 0 Å². The van der Waals surface area contributed by atoms with Gasteiger partial charge in [0.15, 0.2) is 5.69 Å². The maximum absolute atomic E-state index is 13.1. The van der Waals surface area contributed by atoms with Gasteiger partial charge in [0, 0.05) is 53.9 Å². The number of pyridine rings is 1. The van der Waals surface area contributed by atoms with Gasteiger partial charge >= 0.3 is 0 Å². The van der Waals surface area contributed by atoms with Crippen LogP contribution in [-0.4, -0.2) is 27.0 Å². The summed E-state index contributed by atoms with van der Waals surface area (Å²) in [4.78, 5) is 39.2. The Kier molecular flexibility index (Phi) is 6.49. The second-order valence-electron chi connectivity index (χ2n) is 9.18. The molecule has 0 bridgehead atoms. The van der Waals surface area contributed by atoms with E-state index in [1.54, 1.807) is 24.4 Å². The number of amides is 2. The summed E-state index contributed by atoms with van der Waals surface area (Å²) in [5, 5.41) is 10.4. The lowest BCUT2D eigenvalue weighted by molar-refractivity contribution is 0.0944. The van der Waals surface area contributed by atoms with Crippen LogP contribution in [0.15, 0.2) is 71.7 Å². The van der Waals surface area contributed by atoms with Gasteiger partial charge in [0.1, 0.15) is 0 Å². The van der Waals surface area contributed by atoms with Crippen molar-refractivity contribution in [2.75, 3.05) is 0 Å². The van der Waals surface area contributed by atoms with Crippen molar-refractivity contribution in [3.8, 4) is 0 Å². The van der Waals surface area contributed by atoms with Gasteiger partial charge in [0.25, 0.3) is 11.5 Å². The lowest BCUT2D eigenvalue weighted by Crippen LogP contribution is -2.24. The Bertz CT molecular complexity index is 1470. The minimum Gasteiger partial charge on any atom is -0.366 e. The number of aromatic amines is 2. The minimum absolute atomic E-state index is 0.0777. The van der Waals surface area contributed by atoms with E-state index in [4.69, 9.17) is 5.73 Å². The number of H-pyrrole nitrogens is 2. The van der Waals surface area contributed by atoms with Gasteiger partial charge in [0.05, 0.1) is 0 Å². The minimum atomic E-state index is -0.506. The first-order valence-electron chi connectivity index (χ1n) is 12.0. The lowest BCUT2D eigenvalue weighted by atomic mass is 9.98. The quantitative estimate of drug-likeness (QED) is 0.292. The van der Waals surface area contributed by atoms with E-state index < -0.39 is 5.91 Å². The maximum atomic E-state index is 13.1. The second-order valence-corrected chi connectivity index (χ2v) is 9.18. The molecule has 0 atom stereocenters. The summed E-state index contributed by atoms with van der Waals surface area (Å²) in [5.74, 6) is -0.364. The maximum Gasteiger partial charge on any atom is 0.272 e. The van der Waals surface area contributed by atoms with Crippen LogP contribution >= 0.6 is 0 Å². The summed E-state index contributed by atoms with van der Waals surface area (Å²) in [7, 11) is 0. The molecule has 0 unspecified atom stereocenters. The van der Waals surface area contributed by atoms with Crippen LogP contribution in [0.3, 0.4) is 0 Å². The van der Waals surface area contributed by atoms with Gasteiger partial charge in [-0.2, -0.15) is 5.10 Å². The first-order chi connectivity index (χ1) is 17.5. The molecule has 5 N–H and O–H groups in total. The summed E-state index contributed by atoms with van der Waals surface area (Å²) in [6, 6.07) is 18.6. The molecular formula is C28H27N5O3. The molecule has 0 saturated heterocycles. The molecule has 1 aliphatic carbocycles. The monoisotopic (exact) mass is 481 g/mol. The third-order valence-electron chi connectivity index (χ3n) is 6.46. The number of carbonyl (C=O) groups is 2. The number of hydrogen-bond acceptors (Lipinski definition) is 4. The Labute approximate surface area is 208 Å². The summed E-state index contributed by atoms with van der Waals surface area (Å²) in [6.45, 7) is 0.262. The van der Waals surface area contributed by atoms with Crippen LogP contribution in [0.2, 0.25) is 0 Å². The molecule has 36 heavy (non-hydrogen) atoms. The molecule has 5 rings (SSSR count). The van der Waals surface area contributed by atoms with Crippen molar-refractivity contribution in [2.45, 2.75) is 38.1 Å². The van der Waals surface area contributed by atoms with Gasteiger partial charge < -0.3 is 16.0 Å². The Morgan fingerprint density at radius 3 is 2.42 bits per heavy atom. The van der Waals surface area contributed by atoms with Crippen molar-refractivity contribution < 1.29 is 9.59 Å². The van der Waals surface area contributed by atoms with Crippen molar-refractivity contribution in [1.82, 2.24) is 20.5 Å². The zero-order chi connectivity index (χ0) is 25.1. The number of nitrogens with zero attached hydrogens (tertiary/aromatic N) is 1. The second kappa shape index (κ2) is 10.0. The zero-order valence-corrected chi connectivity index (χ0v) is 19.7. The van der Waals surface area contributed by atoms with Crippen molar-refractivity contribution in [1.29, 1.82) is 0 Å². The number of nitrogens with one attached hydrogen (secondary N) is 3. The van der Waals surface area contributed by atoms with E-state index in [0.29, 0.717) is 30.0 Å². The summed E-state index contributed by atoms with van der Waals surface area (Å²) < 4.78 is 0. The highest BCUT2D eigenvalue weighted by Gasteiger charge is 2.31. The van der Waals surface area contributed by atoms with E-state index in [0.717, 1.165) is 46.4 Å². The zero-order valence-electron chi connectivity index (χ0n) is 19.7. The lowest BCUT2D eigenvalue weighted by Gasteiger charge is -2.09. The fourth-order valence-corrected chi connectivity index (χ4v) is 4.35. The molecule has 0 aliphatic heterocycles. The number of aromatic nitrogens is 3. The number of primary amides is 1. The molecule has 2 aromatic heterocycles. The third-order valence-corrected chi connectivity index (χ3v) is 6.46. The Morgan fingerprint density at radius 1 is 0.972 bits per heavy atom. The number of carbonyl (C=O) groups excluding carboxylic acids is 2. The van der Waals surface area contributed by atoms with Crippen LogP contribution in [0.4, 0.5) is 0 Å². The van der Waals surface area contributed by atoms with Crippen molar-refractivity contribution in [2.24, 2.45) is 5.73 Å². The number of rotatable bonds is 9. The first kappa shape index (κ1) is 23.3. The normalized spacial score (nSPS) is 12.9. The SMILES string of the molecule is NC(=O)c1cccc(CNC(=O)c2n[nH]c(C3CC3)c2Cc2ccc(Cc3ccc[nH]c3=O)cc2)c1. The van der Waals surface area contributed by atoms with Crippen LogP contribution in [-0.2, 0) is 19.4 Å². The standard InChI is InChI=1S/C28H27N5O3/c29-26(34)21-4-1-3-19(14-21)16-31-28(36)25-23(24(32-33-25)20-10-11-20)15-18-8-6-17(7-9-18)13-22-5-2-12-30-27(22)35/h1-9,12,14,20H,10-11,13,15-16H2,(H2,29,34)(H,30,35)(H,31,36)(H,32,33). The summed E-state index contributed by atoms with van der Waals surface area (Å²) >= 11 is 0. The molecule has 0 radical (unpaired) electrons. The van der Waals surface area contributed by atoms with E-state index in [-0.39, 0.29) is 18.0 Å². The molecule has 8 nitrogen and oxygen atoms in total. The highest BCUT2D eigenvalue weighted by Crippen LogP contribution is 2.41. The van der Waals surface area contributed by atoms with E-state index in [9.17, 15) is 14.4 Å². The fourth-order valence-electron chi connectivity index (χ4n) is 4.35. The molecule has 182 valence electrons. The van der Waals surface area contributed by atoms with Crippen LogP contribution in [0, 0.1) is 0 Å². The number of hydrogen-bond donors (Lipinski definition) is 4. The van der Waals surface area contributed by atoms with Crippen molar-refractivity contribution in [3.63, 3.8) is 0 Å². The number of nitrogens with two attached hydrogens (primary N) is 1. The molecular weight excluding hydrogens is 454 g/mol. The predicted molar refractivity (Wildman–Crippen MR) is 136 cm³/mol. The van der Waals surface area contributed by atoms with Crippen molar-refractivity contribution in [3.05, 3.63) is 122 Å². The average molecular weight is 482 g/mol. The van der Waals surface area contributed by atoms with E-state index in [2.05, 4.69) is 20.5 Å². The first-order valence-corrected chi connectivity index (χ1v) is 12.0. The summed E-state index contributed by atoms with van der Waals surface area (Å²) in [5.41, 5.74) is 11.6. The third kappa shape index (κ3) is 5.27. The predicted octanol–water partition coefficient (Wildman–Crippen LogP) is 3.19. The number of benzene rings is 2. The molecule has 1 aliphatic rings. The van der Waals surface area contributed by atoms with Gasteiger partial charge in [-0.3, -0.25) is 19.5 Å². The molecule has 0 spiro atoms. The Hall–Kier alpha value is -4.46. The topological polar surface area (TPSA) is 134 Å². The molecule has 2 heterocycles. The van der Waals surface area contributed by atoms with Gasteiger partial charge in [-0.1, -0.05) is 42.5 Å². The van der Waals surface area contributed by atoms with E-state index in [1.807, 2.05) is 42.5 Å². The summed E-state index contributed by atoms with van der Waals surface area (Å²) in [6.07, 6.45) is 4.93. The highest BCUT2D eigenvalue weighted by molar-refractivity contribution is 5.94.